The standard InChI is InChI=1S/C21H42N2O/c1-7-8-9-10-11-12-13-14-15-16-17-19(4)21(5,6)23(22)20(24)18(2)3/h19H,2,7-17,22H2,1,3-6H3. The molecule has 0 spiro atoms. The molecule has 1 amide bonds. The summed E-state index contributed by atoms with van der Waals surface area (Å²) >= 11 is 0. The van der Waals surface area contributed by atoms with Crippen LogP contribution in [0.4, 0.5) is 0 Å². The fourth-order valence-electron chi connectivity index (χ4n) is 3.00. The largest absolute Gasteiger partial charge is 0.271 e. The van der Waals surface area contributed by atoms with E-state index in [4.69, 9.17) is 5.84 Å². The first kappa shape index (κ1) is 23.2. The average Bonchev–Trinajstić information content (AvgIpc) is 2.54. The number of nitrogens with zero attached hydrogens (tertiary/aromatic N) is 1. The summed E-state index contributed by atoms with van der Waals surface area (Å²) in [5.74, 6) is 6.26. The molecule has 0 aliphatic carbocycles. The summed E-state index contributed by atoms with van der Waals surface area (Å²) in [5, 5.41) is 1.37. The van der Waals surface area contributed by atoms with E-state index in [9.17, 15) is 4.79 Å². The first-order valence-corrected chi connectivity index (χ1v) is 9.99. The van der Waals surface area contributed by atoms with Crippen LogP contribution in [0, 0.1) is 5.92 Å². The van der Waals surface area contributed by atoms with Crippen LogP contribution >= 0.6 is 0 Å². The van der Waals surface area contributed by atoms with Crippen molar-refractivity contribution in [2.75, 3.05) is 0 Å². The van der Waals surface area contributed by atoms with E-state index in [1.165, 1.54) is 69.2 Å². The van der Waals surface area contributed by atoms with E-state index in [1.807, 2.05) is 0 Å². The Morgan fingerprint density at radius 1 is 1.00 bits per heavy atom. The molecule has 3 nitrogen and oxygen atoms in total. The average molecular weight is 339 g/mol. The minimum absolute atomic E-state index is 0.157. The zero-order chi connectivity index (χ0) is 18.6. The van der Waals surface area contributed by atoms with E-state index >= 15 is 0 Å². The molecule has 0 aromatic heterocycles. The monoisotopic (exact) mass is 338 g/mol. The number of nitrogens with two attached hydrogens (primary N) is 1. The van der Waals surface area contributed by atoms with Crippen molar-refractivity contribution in [3.8, 4) is 0 Å². The van der Waals surface area contributed by atoms with Crippen molar-refractivity contribution in [1.29, 1.82) is 0 Å². The fourth-order valence-corrected chi connectivity index (χ4v) is 3.00. The van der Waals surface area contributed by atoms with Crippen LogP contribution in [-0.4, -0.2) is 16.5 Å². The lowest BCUT2D eigenvalue weighted by molar-refractivity contribution is -0.134. The summed E-state index contributed by atoms with van der Waals surface area (Å²) in [6, 6.07) is 0. The third kappa shape index (κ3) is 8.86. The highest BCUT2D eigenvalue weighted by atomic mass is 16.2. The Kier molecular flexibility index (Phi) is 12.1. The molecule has 3 heteroatoms. The smallest absolute Gasteiger partial charge is 0.263 e. The molecular weight excluding hydrogens is 296 g/mol. The molecule has 2 N–H and O–H groups in total. The summed E-state index contributed by atoms with van der Waals surface area (Å²) in [6.45, 7) is 14.0. The second kappa shape index (κ2) is 12.5. The molecule has 0 aromatic carbocycles. The number of hydrogen-bond acceptors (Lipinski definition) is 2. The van der Waals surface area contributed by atoms with Crippen LogP contribution in [-0.2, 0) is 4.79 Å². The quantitative estimate of drug-likeness (QED) is 0.139. The number of hydrazine groups is 1. The molecule has 0 fully saturated rings. The second-order valence-corrected chi connectivity index (χ2v) is 7.98. The number of unbranched alkanes of at least 4 members (excludes halogenated alkanes) is 9. The van der Waals surface area contributed by atoms with Gasteiger partial charge in [0.15, 0.2) is 0 Å². The molecule has 0 radical (unpaired) electrons. The summed E-state index contributed by atoms with van der Waals surface area (Å²) in [4.78, 5) is 12.0. The van der Waals surface area contributed by atoms with Gasteiger partial charge >= 0.3 is 0 Å². The summed E-state index contributed by atoms with van der Waals surface area (Å²) in [7, 11) is 0. The number of hydrogen-bond donors (Lipinski definition) is 1. The number of rotatable bonds is 14. The first-order valence-electron chi connectivity index (χ1n) is 9.99. The van der Waals surface area contributed by atoms with Crippen molar-refractivity contribution in [2.45, 2.75) is 111 Å². The Labute approximate surface area is 151 Å². The van der Waals surface area contributed by atoms with E-state index in [0.717, 1.165) is 6.42 Å². The van der Waals surface area contributed by atoms with Crippen molar-refractivity contribution in [1.82, 2.24) is 5.01 Å². The first-order chi connectivity index (χ1) is 11.2. The Morgan fingerprint density at radius 3 is 1.83 bits per heavy atom. The molecule has 0 aliphatic heterocycles. The molecule has 24 heavy (non-hydrogen) atoms. The maximum absolute atomic E-state index is 12.0. The molecule has 1 atom stereocenters. The van der Waals surface area contributed by atoms with E-state index in [1.54, 1.807) is 6.92 Å². The molecule has 0 rings (SSSR count). The third-order valence-electron chi connectivity index (χ3n) is 5.40. The van der Waals surface area contributed by atoms with Gasteiger partial charge < -0.3 is 0 Å². The molecule has 0 saturated carbocycles. The van der Waals surface area contributed by atoms with E-state index in [2.05, 4.69) is 34.3 Å². The second-order valence-electron chi connectivity index (χ2n) is 7.98. The topological polar surface area (TPSA) is 46.3 Å². The lowest BCUT2D eigenvalue weighted by Crippen LogP contribution is -2.55. The lowest BCUT2D eigenvalue weighted by atomic mass is 9.84. The van der Waals surface area contributed by atoms with Crippen molar-refractivity contribution < 1.29 is 4.79 Å². The molecular formula is C21H42N2O. The molecule has 0 aromatic rings. The highest BCUT2D eigenvalue weighted by molar-refractivity contribution is 5.92. The Bertz CT molecular complexity index is 363. The van der Waals surface area contributed by atoms with Crippen molar-refractivity contribution in [3.63, 3.8) is 0 Å². The SMILES string of the molecule is C=C(C)C(=O)N(N)C(C)(C)C(C)CCCCCCCCCCCC. The number of carbonyl (C=O) groups excluding carboxylic acids is 1. The minimum atomic E-state index is -0.338. The van der Waals surface area contributed by atoms with Crippen LogP contribution in [0.3, 0.4) is 0 Å². The molecule has 0 saturated heterocycles. The van der Waals surface area contributed by atoms with Gasteiger partial charge in [-0.2, -0.15) is 0 Å². The van der Waals surface area contributed by atoms with E-state index in [-0.39, 0.29) is 11.4 Å². The van der Waals surface area contributed by atoms with Crippen LogP contribution in [0.1, 0.15) is 105 Å². The van der Waals surface area contributed by atoms with E-state index in [0.29, 0.717) is 11.5 Å². The predicted molar refractivity (Wildman–Crippen MR) is 106 cm³/mol. The van der Waals surface area contributed by atoms with Gasteiger partial charge in [0.05, 0.1) is 5.54 Å². The molecule has 0 aliphatic rings. The van der Waals surface area contributed by atoms with Gasteiger partial charge in [-0.1, -0.05) is 84.6 Å². The number of carbonyl (C=O) groups is 1. The predicted octanol–water partition coefficient (Wildman–Crippen LogP) is 5.99. The Hall–Kier alpha value is -0.830. The summed E-state index contributed by atoms with van der Waals surface area (Å²) in [6.07, 6.45) is 14.6. The van der Waals surface area contributed by atoms with Gasteiger partial charge in [0, 0.05) is 5.57 Å². The zero-order valence-corrected chi connectivity index (χ0v) is 17.0. The van der Waals surface area contributed by atoms with Crippen molar-refractivity contribution in [2.24, 2.45) is 11.8 Å². The van der Waals surface area contributed by atoms with Crippen LogP contribution in [0.2, 0.25) is 0 Å². The maximum Gasteiger partial charge on any atom is 0.263 e. The third-order valence-corrected chi connectivity index (χ3v) is 5.40. The van der Waals surface area contributed by atoms with Crippen LogP contribution < -0.4 is 5.84 Å². The minimum Gasteiger partial charge on any atom is -0.271 e. The Balaban J connectivity index is 3.86. The van der Waals surface area contributed by atoms with Gasteiger partial charge in [-0.05, 0) is 33.1 Å². The van der Waals surface area contributed by atoms with Gasteiger partial charge in [0.2, 0.25) is 0 Å². The molecule has 0 heterocycles. The highest BCUT2D eigenvalue weighted by Gasteiger charge is 2.33. The van der Waals surface area contributed by atoms with Gasteiger partial charge in [0.25, 0.3) is 5.91 Å². The van der Waals surface area contributed by atoms with Crippen LogP contribution in [0.15, 0.2) is 12.2 Å². The van der Waals surface area contributed by atoms with Gasteiger partial charge in [-0.3, -0.25) is 9.80 Å². The van der Waals surface area contributed by atoms with Gasteiger partial charge in [0.1, 0.15) is 0 Å². The Morgan fingerprint density at radius 2 is 1.42 bits per heavy atom. The van der Waals surface area contributed by atoms with Gasteiger partial charge in [-0.15, -0.1) is 0 Å². The van der Waals surface area contributed by atoms with Crippen molar-refractivity contribution >= 4 is 5.91 Å². The maximum atomic E-state index is 12.0. The molecule has 1 unspecified atom stereocenters. The summed E-state index contributed by atoms with van der Waals surface area (Å²) in [5.41, 5.74) is 0.159. The van der Waals surface area contributed by atoms with E-state index < -0.39 is 0 Å². The summed E-state index contributed by atoms with van der Waals surface area (Å²) < 4.78 is 0. The lowest BCUT2D eigenvalue weighted by Gasteiger charge is -2.40. The normalized spacial score (nSPS) is 12.9. The fraction of sp³-hybridized carbons (Fsp3) is 0.857. The number of amides is 1. The molecule has 0 bridgehead atoms. The highest BCUT2D eigenvalue weighted by Crippen LogP contribution is 2.27. The van der Waals surface area contributed by atoms with Crippen LogP contribution in [0.5, 0.6) is 0 Å². The van der Waals surface area contributed by atoms with Gasteiger partial charge in [-0.25, -0.2) is 5.84 Å². The zero-order valence-electron chi connectivity index (χ0n) is 17.0. The van der Waals surface area contributed by atoms with Crippen LogP contribution in [0.25, 0.3) is 0 Å². The molecule has 142 valence electrons. The van der Waals surface area contributed by atoms with Crippen molar-refractivity contribution in [3.05, 3.63) is 12.2 Å².